The highest BCUT2D eigenvalue weighted by molar-refractivity contribution is 6.02. The number of aromatic nitrogens is 2. The van der Waals surface area contributed by atoms with Gasteiger partial charge >= 0.3 is 5.92 Å². The SMILES string of the molecule is COc1cc(C(=O)NC2CCC(O)CC2)ccc1Nc1ncc2c(n1)N(c1ccccc1)CC(F)(F)C(=O)N2C. The lowest BCUT2D eigenvalue weighted by molar-refractivity contribution is -0.140. The van der Waals surface area contributed by atoms with E-state index in [-0.39, 0.29) is 35.5 Å². The van der Waals surface area contributed by atoms with E-state index in [4.69, 9.17) is 4.74 Å². The number of aliphatic hydroxyl groups excluding tert-OH is 1. The van der Waals surface area contributed by atoms with E-state index in [0.717, 1.165) is 4.90 Å². The van der Waals surface area contributed by atoms with Gasteiger partial charge in [-0.15, -0.1) is 0 Å². The number of ether oxygens (including phenoxy) is 1. The third-order valence-electron chi connectivity index (χ3n) is 7.15. The molecular formula is C28H30F2N6O4. The first-order valence-electron chi connectivity index (χ1n) is 13.0. The lowest BCUT2D eigenvalue weighted by Gasteiger charge is -2.26. The van der Waals surface area contributed by atoms with E-state index in [1.54, 1.807) is 48.5 Å². The van der Waals surface area contributed by atoms with Gasteiger partial charge in [0.15, 0.2) is 5.82 Å². The molecule has 2 amide bonds. The maximum Gasteiger partial charge on any atom is 0.342 e. The molecule has 10 nitrogen and oxygen atoms in total. The summed E-state index contributed by atoms with van der Waals surface area (Å²) in [7, 11) is 2.73. The molecule has 1 aliphatic carbocycles. The van der Waals surface area contributed by atoms with Gasteiger partial charge in [-0.05, 0) is 56.0 Å². The first kappa shape index (κ1) is 27.3. The number of methoxy groups -OCH3 is 1. The van der Waals surface area contributed by atoms with E-state index in [0.29, 0.717) is 48.4 Å². The molecule has 0 atom stereocenters. The van der Waals surface area contributed by atoms with E-state index >= 15 is 0 Å². The molecule has 5 rings (SSSR count). The maximum absolute atomic E-state index is 14.9. The van der Waals surface area contributed by atoms with Crippen molar-refractivity contribution in [2.24, 2.45) is 0 Å². The van der Waals surface area contributed by atoms with Gasteiger partial charge in [-0.25, -0.2) is 4.98 Å². The highest BCUT2D eigenvalue weighted by Crippen LogP contribution is 2.40. The first-order chi connectivity index (χ1) is 19.2. The van der Waals surface area contributed by atoms with Gasteiger partial charge in [-0.1, -0.05) is 18.2 Å². The number of benzene rings is 2. The summed E-state index contributed by atoms with van der Waals surface area (Å²) in [6.45, 7) is -0.892. The number of carbonyl (C=O) groups is 2. The zero-order chi connectivity index (χ0) is 28.4. The Hall–Kier alpha value is -4.32. The number of hydrogen-bond donors (Lipinski definition) is 3. The third-order valence-corrected chi connectivity index (χ3v) is 7.15. The zero-order valence-corrected chi connectivity index (χ0v) is 22.1. The second-order valence-electron chi connectivity index (χ2n) is 9.91. The van der Waals surface area contributed by atoms with Gasteiger partial charge in [0.1, 0.15) is 11.4 Å². The summed E-state index contributed by atoms with van der Waals surface area (Å²) in [5.41, 5.74) is 1.42. The number of fused-ring (bicyclic) bond motifs is 1. The monoisotopic (exact) mass is 552 g/mol. The summed E-state index contributed by atoms with van der Waals surface area (Å²) >= 11 is 0. The van der Waals surface area contributed by atoms with Crippen molar-refractivity contribution in [3.05, 3.63) is 60.3 Å². The van der Waals surface area contributed by atoms with Crippen LogP contribution in [-0.2, 0) is 4.79 Å². The van der Waals surface area contributed by atoms with Gasteiger partial charge in [-0.3, -0.25) is 9.59 Å². The Morgan fingerprint density at radius 3 is 2.55 bits per heavy atom. The smallest absolute Gasteiger partial charge is 0.342 e. The average molecular weight is 553 g/mol. The predicted molar refractivity (Wildman–Crippen MR) is 146 cm³/mol. The molecule has 0 spiro atoms. The van der Waals surface area contributed by atoms with Crippen molar-refractivity contribution in [2.75, 3.05) is 35.8 Å². The van der Waals surface area contributed by atoms with Gasteiger partial charge < -0.3 is 30.3 Å². The molecule has 3 aromatic rings. The standard InChI is InChI=1S/C28H30F2N6O4/c1-35-22-15-31-27(34-24(22)36(16-28(29,30)26(35)39)19-6-4-3-5-7-19)33-21-13-8-17(14-23(21)40-2)25(38)32-18-9-11-20(37)12-10-18/h3-8,13-15,18,20,37H,9-12,16H2,1-2H3,(H,32,38)(H,31,33,34). The molecule has 0 bridgehead atoms. The van der Waals surface area contributed by atoms with Crippen LogP contribution in [0.4, 0.5) is 37.6 Å². The molecule has 1 fully saturated rings. The number of carbonyl (C=O) groups excluding carboxylic acids is 2. The van der Waals surface area contributed by atoms with Crippen molar-refractivity contribution in [1.29, 1.82) is 0 Å². The third kappa shape index (κ3) is 5.53. The fourth-order valence-corrected chi connectivity index (χ4v) is 4.92. The summed E-state index contributed by atoms with van der Waals surface area (Å²) < 4.78 is 35.2. The summed E-state index contributed by atoms with van der Waals surface area (Å²) in [6, 6.07) is 13.4. The highest BCUT2D eigenvalue weighted by atomic mass is 19.3. The van der Waals surface area contributed by atoms with Gasteiger partial charge in [0.05, 0.1) is 31.6 Å². The van der Waals surface area contributed by atoms with Crippen LogP contribution < -0.4 is 25.2 Å². The Kier molecular flexibility index (Phi) is 7.53. The molecule has 0 unspecified atom stereocenters. The fraction of sp³-hybridized carbons (Fsp3) is 0.357. The van der Waals surface area contributed by atoms with Crippen molar-refractivity contribution in [1.82, 2.24) is 15.3 Å². The van der Waals surface area contributed by atoms with Crippen molar-refractivity contribution in [3.63, 3.8) is 0 Å². The van der Waals surface area contributed by atoms with Crippen molar-refractivity contribution < 1.29 is 28.2 Å². The fourth-order valence-electron chi connectivity index (χ4n) is 4.92. The minimum atomic E-state index is -3.66. The van der Waals surface area contributed by atoms with Gasteiger partial charge in [0.25, 0.3) is 11.8 Å². The molecule has 1 aliphatic heterocycles. The molecule has 1 saturated carbocycles. The number of halogens is 2. The number of nitrogens with zero attached hydrogens (tertiary/aromatic N) is 4. The molecule has 0 radical (unpaired) electrons. The highest BCUT2D eigenvalue weighted by Gasteiger charge is 2.47. The molecule has 0 saturated heterocycles. The quantitative estimate of drug-likeness (QED) is 0.420. The van der Waals surface area contributed by atoms with Crippen LogP contribution in [0, 0.1) is 0 Å². The summed E-state index contributed by atoms with van der Waals surface area (Å²) in [5.74, 6) is -4.69. The Morgan fingerprint density at radius 1 is 1.12 bits per heavy atom. The van der Waals surface area contributed by atoms with Crippen LogP contribution in [0.25, 0.3) is 0 Å². The average Bonchev–Trinajstić information content (AvgIpc) is 3.03. The number of rotatable bonds is 6. The molecular weight excluding hydrogens is 522 g/mol. The molecule has 1 aromatic heterocycles. The van der Waals surface area contributed by atoms with Crippen LogP contribution in [-0.4, -0.2) is 65.7 Å². The first-order valence-corrected chi connectivity index (χ1v) is 13.0. The Bertz CT molecular complexity index is 1400. The summed E-state index contributed by atoms with van der Waals surface area (Å²) in [5, 5.41) is 15.7. The minimum absolute atomic E-state index is 0.00220. The summed E-state index contributed by atoms with van der Waals surface area (Å²) in [6.07, 6.45) is 3.74. The Labute approximate surface area is 230 Å². The van der Waals surface area contributed by atoms with Crippen molar-refractivity contribution in [2.45, 2.75) is 43.8 Å². The van der Waals surface area contributed by atoms with Gasteiger partial charge in [0.2, 0.25) is 5.95 Å². The van der Waals surface area contributed by atoms with E-state index in [9.17, 15) is 23.5 Å². The number of aliphatic hydroxyl groups is 1. The maximum atomic E-state index is 14.9. The topological polar surface area (TPSA) is 120 Å². The van der Waals surface area contributed by atoms with Crippen LogP contribution in [0.5, 0.6) is 5.75 Å². The predicted octanol–water partition coefficient (Wildman–Crippen LogP) is 4.01. The lowest BCUT2D eigenvalue weighted by Crippen LogP contribution is -2.45. The number of para-hydroxylation sites is 1. The molecule has 40 heavy (non-hydrogen) atoms. The van der Waals surface area contributed by atoms with Gasteiger partial charge in [0, 0.05) is 24.3 Å². The van der Waals surface area contributed by atoms with Crippen LogP contribution in [0.2, 0.25) is 0 Å². The van der Waals surface area contributed by atoms with Crippen molar-refractivity contribution >= 4 is 40.6 Å². The molecule has 2 aliphatic rings. The second-order valence-corrected chi connectivity index (χ2v) is 9.91. The number of alkyl halides is 2. The lowest BCUT2D eigenvalue weighted by atomic mass is 9.93. The summed E-state index contributed by atoms with van der Waals surface area (Å²) in [4.78, 5) is 36.3. The molecule has 12 heteroatoms. The van der Waals surface area contributed by atoms with Crippen LogP contribution >= 0.6 is 0 Å². The number of hydrogen-bond acceptors (Lipinski definition) is 8. The largest absolute Gasteiger partial charge is 0.495 e. The van der Waals surface area contributed by atoms with E-state index < -0.39 is 18.4 Å². The number of anilines is 5. The minimum Gasteiger partial charge on any atom is -0.495 e. The molecule has 3 N–H and O–H groups in total. The van der Waals surface area contributed by atoms with Crippen LogP contribution in [0.1, 0.15) is 36.0 Å². The number of amides is 2. The molecule has 2 aromatic carbocycles. The molecule has 2 heterocycles. The van der Waals surface area contributed by atoms with E-state index in [1.807, 2.05) is 0 Å². The Morgan fingerprint density at radius 2 is 1.85 bits per heavy atom. The zero-order valence-electron chi connectivity index (χ0n) is 22.1. The second kappa shape index (κ2) is 11.0. The molecule has 210 valence electrons. The number of nitrogens with one attached hydrogen (secondary N) is 2. The van der Waals surface area contributed by atoms with E-state index in [2.05, 4.69) is 20.6 Å². The van der Waals surface area contributed by atoms with Crippen LogP contribution in [0.15, 0.2) is 54.7 Å². The van der Waals surface area contributed by atoms with Crippen molar-refractivity contribution in [3.8, 4) is 5.75 Å². The normalized spacial score (nSPS) is 20.4. The van der Waals surface area contributed by atoms with Gasteiger partial charge in [-0.2, -0.15) is 13.8 Å². The Balaban J connectivity index is 1.42. The van der Waals surface area contributed by atoms with Crippen LogP contribution in [0.3, 0.4) is 0 Å². The van der Waals surface area contributed by atoms with E-state index in [1.165, 1.54) is 25.3 Å².